The predicted octanol–water partition coefficient (Wildman–Crippen LogP) is 2.20. The van der Waals surface area contributed by atoms with Crippen LogP contribution >= 0.6 is 0 Å². The van der Waals surface area contributed by atoms with Gasteiger partial charge in [0.2, 0.25) is 0 Å². The van der Waals surface area contributed by atoms with Crippen molar-refractivity contribution in [1.29, 1.82) is 0 Å². The number of aliphatic hydroxyl groups is 1. The average molecular weight is 264 g/mol. The number of aryl methyl sites for hydroxylation is 1. The van der Waals surface area contributed by atoms with Crippen LogP contribution in [0.3, 0.4) is 0 Å². The Morgan fingerprint density at radius 1 is 1.37 bits per heavy atom. The number of hydrogen-bond acceptors (Lipinski definition) is 2. The molecular formula is C15H24N2O2. The Morgan fingerprint density at radius 2 is 2.05 bits per heavy atom. The molecule has 4 nitrogen and oxygen atoms in total. The van der Waals surface area contributed by atoms with Crippen LogP contribution < -0.4 is 10.6 Å². The third kappa shape index (κ3) is 5.30. The Labute approximate surface area is 115 Å². The first-order valence-electron chi connectivity index (χ1n) is 6.61. The maximum atomic E-state index is 11.6. The zero-order valence-electron chi connectivity index (χ0n) is 12.2. The molecule has 1 unspecified atom stereocenters. The van der Waals surface area contributed by atoms with Crippen molar-refractivity contribution in [3.05, 3.63) is 35.4 Å². The number of carbonyl (C=O) groups is 1. The molecule has 0 spiro atoms. The van der Waals surface area contributed by atoms with E-state index in [4.69, 9.17) is 0 Å². The maximum Gasteiger partial charge on any atom is 0.315 e. The fraction of sp³-hybridized carbons (Fsp3) is 0.533. The zero-order chi connectivity index (χ0) is 14.5. The molecule has 1 atom stereocenters. The number of carbonyl (C=O) groups excluding carboxylic acids is 1. The topological polar surface area (TPSA) is 61.4 Å². The molecule has 1 aromatic rings. The first-order valence-corrected chi connectivity index (χ1v) is 6.61. The van der Waals surface area contributed by atoms with Crippen LogP contribution in [0.4, 0.5) is 4.79 Å². The molecule has 3 N–H and O–H groups in total. The number of hydrogen-bond donors (Lipinski definition) is 3. The predicted molar refractivity (Wildman–Crippen MR) is 76.9 cm³/mol. The first kappa shape index (κ1) is 15.5. The monoisotopic (exact) mass is 264 g/mol. The van der Waals surface area contributed by atoms with Gasteiger partial charge >= 0.3 is 6.03 Å². The number of nitrogens with one attached hydrogen (secondary N) is 2. The second-order valence-electron chi connectivity index (χ2n) is 5.54. The molecule has 0 aliphatic heterocycles. The summed E-state index contributed by atoms with van der Waals surface area (Å²) >= 11 is 0. The van der Waals surface area contributed by atoms with Gasteiger partial charge in [0.25, 0.3) is 0 Å². The highest BCUT2D eigenvalue weighted by atomic mass is 16.3. The molecule has 0 aliphatic rings. The SMILES string of the molecule is Cc1cccc(CNC(=O)NCC(C)(O)C(C)C)c1. The fourth-order valence-electron chi connectivity index (χ4n) is 1.53. The average Bonchev–Trinajstić information content (AvgIpc) is 2.34. The van der Waals surface area contributed by atoms with Crippen molar-refractivity contribution in [3.8, 4) is 0 Å². The van der Waals surface area contributed by atoms with Crippen LogP contribution in [0, 0.1) is 12.8 Å². The minimum Gasteiger partial charge on any atom is -0.388 e. The van der Waals surface area contributed by atoms with Crippen LogP contribution in [0.2, 0.25) is 0 Å². The van der Waals surface area contributed by atoms with Crippen molar-refractivity contribution in [2.24, 2.45) is 5.92 Å². The van der Waals surface area contributed by atoms with Gasteiger partial charge in [0, 0.05) is 13.1 Å². The first-order chi connectivity index (χ1) is 8.81. The molecule has 2 amide bonds. The third-order valence-electron chi connectivity index (χ3n) is 3.39. The van der Waals surface area contributed by atoms with E-state index in [0.29, 0.717) is 6.54 Å². The Hall–Kier alpha value is -1.55. The summed E-state index contributed by atoms with van der Waals surface area (Å²) in [6.07, 6.45) is 0. The van der Waals surface area contributed by atoms with E-state index < -0.39 is 5.60 Å². The van der Waals surface area contributed by atoms with Gasteiger partial charge < -0.3 is 15.7 Å². The molecule has 19 heavy (non-hydrogen) atoms. The molecular weight excluding hydrogens is 240 g/mol. The fourth-order valence-corrected chi connectivity index (χ4v) is 1.53. The van der Waals surface area contributed by atoms with Crippen LogP contribution in [0.15, 0.2) is 24.3 Å². The summed E-state index contributed by atoms with van der Waals surface area (Å²) in [5.41, 5.74) is 1.34. The summed E-state index contributed by atoms with van der Waals surface area (Å²) in [5, 5.41) is 15.5. The lowest BCUT2D eigenvalue weighted by molar-refractivity contribution is 0.0166. The standard InChI is InChI=1S/C15H24N2O2/c1-11(2)15(4,19)10-17-14(18)16-9-13-7-5-6-12(3)8-13/h5-8,11,19H,9-10H2,1-4H3,(H2,16,17,18). The molecule has 0 saturated heterocycles. The maximum absolute atomic E-state index is 11.6. The van der Waals surface area contributed by atoms with Crippen molar-refractivity contribution >= 4 is 6.03 Å². The van der Waals surface area contributed by atoms with Crippen molar-refractivity contribution in [2.45, 2.75) is 39.8 Å². The van der Waals surface area contributed by atoms with Gasteiger partial charge in [-0.2, -0.15) is 0 Å². The van der Waals surface area contributed by atoms with E-state index in [1.165, 1.54) is 5.56 Å². The summed E-state index contributed by atoms with van der Waals surface area (Å²) in [4.78, 5) is 11.6. The number of amides is 2. The normalized spacial score (nSPS) is 14.0. The minimum atomic E-state index is -0.888. The zero-order valence-corrected chi connectivity index (χ0v) is 12.2. The second kappa shape index (κ2) is 6.57. The van der Waals surface area contributed by atoms with E-state index in [-0.39, 0.29) is 18.5 Å². The van der Waals surface area contributed by atoms with Gasteiger partial charge in [0.1, 0.15) is 0 Å². The molecule has 1 rings (SSSR count). The lowest BCUT2D eigenvalue weighted by Gasteiger charge is -2.27. The summed E-state index contributed by atoms with van der Waals surface area (Å²) < 4.78 is 0. The highest BCUT2D eigenvalue weighted by Crippen LogP contribution is 2.14. The largest absolute Gasteiger partial charge is 0.388 e. The Kier molecular flexibility index (Phi) is 5.36. The lowest BCUT2D eigenvalue weighted by atomic mass is 9.93. The number of benzene rings is 1. The van der Waals surface area contributed by atoms with Crippen molar-refractivity contribution in [1.82, 2.24) is 10.6 Å². The van der Waals surface area contributed by atoms with Crippen molar-refractivity contribution < 1.29 is 9.90 Å². The summed E-state index contributed by atoms with van der Waals surface area (Å²) in [6.45, 7) is 8.31. The molecule has 0 aromatic heterocycles. The van der Waals surface area contributed by atoms with E-state index in [9.17, 15) is 9.90 Å². The highest BCUT2D eigenvalue weighted by molar-refractivity contribution is 5.73. The molecule has 106 valence electrons. The molecule has 1 aromatic carbocycles. The van der Waals surface area contributed by atoms with Gasteiger partial charge in [0.15, 0.2) is 0 Å². The van der Waals surface area contributed by atoms with Gasteiger partial charge in [-0.15, -0.1) is 0 Å². The Bertz CT molecular complexity index is 428. The van der Waals surface area contributed by atoms with Gasteiger partial charge in [-0.1, -0.05) is 43.7 Å². The van der Waals surface area contributed by atoms with Gasteiger partial charge in [-0.25, -0.2) is 4.79 Å². The lowest BCUT2D eigenvalue weighted by Crippen LogP contribution is -2.47. The molecule has 0 aliphatic carbocycles. The quantitative estimate of drug-likeness (QED) is 0.763. The van der Waals surface area contributed by atoms with E-state index in [1.807, 2.05) is 45.0 Å². The van der Waals surface area contributed by atoms with Crippen LogP contribution in [0.1, 0.15) is 31.9 Å². The Morgan fingerprint density at radius 3 is 2.63 bits per heavy atom. The van der Waals surface area contributed by atoms with Gasteiger partial charge in [0.05, 0.1) is 5.60 Å². The summed E-state index contributed by atoms with van der Waals surface area (Å²) in [5.74, 6) is 0.0876. The molecule has 0 bridgehead atoms. The van der Waals surface area contributed by atoms with E-state index in [1.54, 1.807) is 6.92 Å². The summed E-state index contributed by atoms with van der Waals surface area (Å²) in [6, 6.07) is 7.72. The number of rotatable bonds is 5. The molecule has 0 radical (unpaired) electrons. The second-order valence-corrected chi connectivity index (χ2v) is 5.54. The highest BCUT2D eigenvalue weighted by Gasteiger charge is 2.25. The van der Waals surface area contributed by atoms with E-state index >= 15 is 0 Å². The van der Waals surface area contributed by atoms with Crippen molar-refractivity contribution in [2.75, 3.05) is 6.54 Å². The van der Waals surface area contributed by atoms with Gasteiger partial charge in [-0.05, 0) is 25.3 Å². The minimum absolute atomic E-state index is 0.0876. The van der Waals surface area contributed by atoms with Crippen LogP contribution in [-0.4, -0.2) is 23.3 Å². The van der Waals surface area contributed by atoms with E-state index in [2.05, 4.69) is 10.6 Å². The molecule has 0 saturated carbocycles. The molecule has 4 heteroatoms. The van der Waals surface area contributed by atoms with Crippen molar-refractivity contribution in [3.63, 3.8) is 0 Å². The summed E-state index contributed by atoms with van der Waals surface area (Å²) in [7, 11) is 0. The Balaban J connectivity index is 2.36. The van der Waals surface area contributed by atoms with Crippen LogP contribution in [0.5, 0.6) is 0 Å². The smallest absolute Gasteiger partial charge is 0.315 e. The molecule has 0 fully saturated rings. The molecule has 0 heterocycles. The van der Waals surface area contributed by atoms with Crippen LogP contribution in [-0.2, 0) is 6.54 Å². The van der Waals surface area contributed by atoms with E-state index in [0.717, 1.165) is 5.56 Å². The number of urea groups is 1. The third-order valence-corrected chi connectivity index (χ3v) is 3.39. The van der Waals surface area contributed by atoms with Crippen LogP contribution in [0.25, 0.3) is 0 Å². The van der Waals surface area contributed by atoms with Gasteiger partial charge in [-0.3, -0.25) is 0 Å².